The summed E-state index contributed by atoms with van der Waals surface area (Å²) >= 11 is 0. The molecule has 138 valence electrons. The van der Waals surface area contributed by atoms with Crippen molar-refractivity contribution in [3.63, 3.8) is 0 Å². The van der Waals surface area contributed by atoms with Gasteiger partial charge in [-0.1, -0.05) is 37.5 Å². The van der Waals surface area contributed by atoms with Gasteiger partial charge < -0.3 is 9.47 Å². The first-order chi connectivity index (χ1) is 12.7. The maximum absolute atomic E-state index is 12.7. The second-order valence-corrected chi connectivity index (χ2v) is 7.54. The molecule has 2 fully saturated rings. The molecule has 0 N–H and O–H groups in total. The lowest BCUT2D eigenvalue weighted by atomic mass is 9.94. The summed E-state index contributed by atoms with van der Waals surface area (Å²) in [5.41, 5.74) is -0.0858. The fourth-order valence-corrected chi connectivity index (χ4v) is 4.38. The Balaban J connectivity index is 1.38. The molecule has 1 aliphatic carbocycles. The van der Waals surface area contributed by atoms with E-state index in [1.807, 2.05) is 35.2 Å². The van der Waals surface area contributed by atoms with E-state index in [9.17, 15) is 9.59 Å². The van der Waals surface area contributed by atoms with E-state index in [1.54, 1.807) is 6.20 Å². The molecule has 0 atom stereocenters. The highest BCUT2D eigenvalue weighted by Gasteiger charge is 2.27. The van der Waals surface area contributed by atoms with Gasteiger partial charge in [0.25, 0.3) is 5.56 Å². The largest absolute Gasteiger partial charge is 0.339 e. The summed E-state index contributed by atoms with van der Waals surface area (Å²) in [6.45, 7) is 3.61. The normalized spacial score (nSPS) is 19.8. The van der Waals surface area contributed by atoms with Crippen molar-refractivity contribution in [2.24, 2.45) is 0 Å². The topological polar surface area (TPSA) is 45.6 Å². The molecule has 1 saturated carbocycles. The van der Waals surface area contributed by atoms with E-state index in [2.05, 4.69) is 4.90 Å². The summed E-state index contributed by atoms with van der Waals surface area (Å²) in [7, 11) is 0. The summed E-state index contributed by atoms with van der Waals surface area (Å²) in [5.74, 6) is 0.0469. The predicted octanol–water partition coefficient (Wildman–Crippen LogP) is 2.48. The van der Waals surface area contributed by atoms with Crippen LogP contribution in [-0.2, 0) is 11.3 Å². The molecule has 1 aromatic heterocycles. The molecule has 1 amide bonds. The first-order valence-corrected chi connectivity index (χ1v) is 9.82. The van der Waals surface area contributed by atoms with E-state index in [4.69, 9.17) is 0 Å². The molecule has 1 aromatic carbocycles. The van der Waals surface area contributed by atoms with Crippen molar-refractivity contribution in [1.29, 1.82) is 0 Å². The smallest absolute Gasteiger partial charge is 0.258 e. The first kappa shape index (κ1) is 17.3. The third kappa shape index (κ3) is 3.54. The number of benzene rings is 1. The minimum absolute atomic E-state index is 0.0469. The first-order valence-electron chi connectivity index (χ1n) is 9.82. The van der Waals surface area contributed by atoms with E-state index in [-0.39, 0.29) is 18.0 Å². The number of hydrogen-bond donors (Lipinski definition) is 0. The van der Waals surface area contributed by atoms with Gasteiger partial charge >= 0.3 is 0 Å². The van der Waals surface area contributed by atoms with Crippen molar-refractivity contribution in [2.45, 2.75) is 44.7 Å². The summed E-state index contributed by atoms with van der Waals surface area (Å²) in [4.78, 5) is 29.8. The molecule has 5 nitrogen and oxygen atoms in total. The number of rotatable bonds is 3. The molecular formula is C21H27N3O2. The number of amides is 1. The van der Waals surface area contributed by atoms with Crippen LogP contribution in [0.25, 0.3) is 10.8 Å². The molecule has 0 unspecified atom stereocenters. The number of aromatic nitrogens is 1. The Bertz CT molecular complexity index is 831. The number of fused-ring (bicyclic) bond motifs is 1. The number of carbonyl (C=O) groups excluding carboxylic acids is 1. The maximum atomic E-state index is 12.7. The Kier molecular flexibility index (Phi) is 5.07. The Labute approximate surface area is 154 Å². The van der Waals surface area contributed by atoms with Crippen LogP contribution in [-0.4, -0.2) is 52.5 Å². The van der Waals surface area contributed by atoms with Crippen molar-refractivity contribution in [3.8, 4) is 0 Å². The van der Waals surface area contributed by atoms with Crippen LogP contribution in [0.5, 0.6) is 0 Å². The van der Waals surface area contributed by atoms with Crippen molar-refractivity contribution in [2.75, 3.05) is 26.2 Å². The van der Waals surface area contributed by atoms with Crippen molar-refractivity contribution in [1.82, 2.24) is 14.4 Å². The van der Waals surface area contributed by atoms with Gasteiger partial charge in [-0.2, -0.15) is 0 Å². The van der Waals surface area contributed by atoms with Crippen LogP contribution in [0.2, 0.25) is 0 Å². The zero-order valence-electron chi connectivity index (χ0n) is 15.3. The van der Waals surface area contributed by atoms with Gasteiger partial charge in [0.2, 0.25) is 5.91 Å². The van der Waals surface area contributed by atoms with Gasteiger partial charge in [-0.05, 0) is 30.4 Å². The highest BCUT2D eigenvalue weighted by molar-refractivity contribution is 5.82. The van der Waals surface area contributed by atoms with Crippen LogP contribution in [0.15, 0.2) is 41.3 Å². The van der Waals surface area contributed by atoms with E-state index >= 15 is 0 Å². The molecule has 2 aliphatic rings. The van der Waals surface area contributed by atoms with E-state index in [0.717, 1.165) is 31.6 Å². The van der Waals surface area contributed by atoms with Gasteiger partial charge in [-0.3, -0.25) is 14.5 Å². The molecular weight excluding hydrogens is 326 g/mol. The third-order valence-corrected chi connectivity index (χ3v) is 5.95. The number of carbonyl (C=O) groups is 1. The van der Waals surface area contributed by atoms with Crippen LogP contribution in [0.3, 0.4) is 0 Å². The van der Waals surface area contributed by atoms with Crippen LogP contribution in [0.4, 0.5) is 0 Å². The van der Waals surface area contributed by atoms with E-state index in [1.165, 1.54) is 36.7 Å². The van der Waals surface area contributed by atoms with E-state index in [0.29, 0.717) is 11.4 Å². The molecule has 2 heterocycles. The van der Waals surface area contributed by atoms with Crippen molar-refractivity contribution in [3.05, 3.63) is 46.9 Å². The quantitative estimate of drug-likeness (QED) is 0.852. The Morgan fingerprint density at radius 3 is 2.46 bits per heavy atom. The number of hydrogen-bond acceptors (Lipinski definition) is 3. The fourth-order valence-electron chi connectivity index (χ4n) is 4.38. The zero-order valence-corrected chi connectivity index (χ0v) is 15.3. The summed E-state index contributed by atoms with van der Waals surface area (Å²) in [6, 6.07) is 10.1. The second kappa shape index (κ2) is 7.62. The van der Waals surface area contributed by atoms with Gasteiger partial charge in [-0.15, -0.1) is 0 Å². The Hall–Kier alpha value is -2.14. The predicted molar refractivity (Wildman–Crippen MR) is 103 cm³/mol. The lowest BCUT2D eigenvalue weighted by Gasteiger charge is -2.40. The lowest BCUT2D eigenvalue weighted by Crippen LogP contribution is -2.53. The minimum Gasteiger partial charge on any atom is -0.339 e. The molecule has 2 aromatic rings. The number of piperazine rings is 1. The molecule has 0 bridgehead atoms. The van der Waals surface area contributed by atoms with Gasteiger partial charge in [-0.25, -0.2) is 0 Å². The maximum Gasteiger partial charge on any atom is 0.258 e. The van der Waals surface area contributed by atoms with Crippen LogP contribution in [0.1, 0.15) is 32.1 Å². The van der Waals surface area contributed by atoms with Crippen molar-refractivity contribution >= 4 is 16.7 Å². The molecule has 26 heavy (non-hydrogen) atoms. The zero-order chi connectivity index (χ0) is 17.9. The summed E-state index contributed by atoms with van der Waals surface area (Å²) in [5, 5.41) is 1.59. The van der Waals surface area contributed by atoms with Gasteiger partial charge in [0.1, 0.15) is 6.54 Å². The Morgan fingerprint density at radius 2 is 1.69 bits per heavy atom. The molecule has 0 spiro atoms. The van der Waals surface area contributed by atoms with Gasteiger partial charge in [0.15, 0.2) is 0 Å². The molecule has 0 radical (unpaired) electrons. The average Bonchev–Trinajstić information content (AvgIpc) is 2.71. The fraction of sp³-hybridized carbons (Fsp3) is 0.524. The van der Waals surface area contributed by atoms with Crippen LogP contribution in [0, 0.1) is 0 Å². The Morgan fingerprint density at radius 1 is 0.962 bits per heavy atom. The molecule has 1 saturated heterocycles. The summed E-state index contributed by atoms with van der Waals surface area (Å²) in [6.07, 6.45) is 8.40. The van der Waals surface area contributed by atoms with Gasteiger partial charge in [0, 0.05) is 43.8 Å². The summed E-state index contributed by atoms with van der Waals surface area (Å²) < 4.78 is 1.54. The lowest BCUT2D eigenvalue weighted by molar-refractivity contribution is -0.134. The highest BCUT2D eigenvalue weighted by Crippen LogP contribution is 2.23. The molecule has 5 heteroatoms. The monoisotopic (exact) mass is 353 g/mol. The second-order valence-electron chi connectivity index (χ2n) is 7.54. The molecule has 1 aliphatic heterocycles. The van der Waals surface area contributed by atoms with Gasteiger partial charge in [0.05, 0.1) is 0 Å². The van der Waals surface area contributed by atoms with E-state index < -0.39 is 0 Å². The average molecular weight is 353 g/mol. The van der Waals surface area contributed by atoms with Crippen LogP contribution >= 0.6 is 0 Å². The van der Waals surface area contributed by atoms with Crippen molar-refractivity contribution < 1.29 is 4.79 Å². The third-order valence-electron chi connectivity index (χ3n) is 5.95. The highest BCUT2D eigenvalue weighted by atomic mass is 16.2. The number of pyridine rings is 1. The number of nitrogens with zero attached hydrogens (tertiary/aromatic N) is 3. The standard InChI is InChI=1S/C21H27N3O2/c25-20(16-24-11-10-17-6-4-5-9-19(17)21(24)26)23-14-12-22(13-15-23)18-7-2-1-3-8-18/h4-6,9-11,18H,1-3,7-8,12-16H2. The SMILES string of the molecule is O=C(Cn1ccc2ccccc2c1=O)N1CCN(C2CCCCC2)CC1. The minimum atomic E-state index is -0.0858. The molecule has 4 rings (SSSR count). The van der Waals surface area contributed by atoms with Crippen LogP contribution < -0.4 is 5.56 Å².